The summed E-state index contributed by atoms with van der Waals surface area (Å²) in [6.45, 7) is 3.98. The number of benzene rings is 2. The molecule has 1 atom stereocenters. The van der Waals surface area contributed by atoms with E-state index in [1.165, 1.54) is 12.1 Å². The van der Waals surface area contributed by atoms with E-state index < -0.39 is 17.6 Å². The first-order chi connectivity index (χ1) is 12.3. The fourth-order valence-electron chi connectivity index (χ4n) is 2.60. The predicted octanol–water partition coefficient (Wildman–Crippen LogP) is 4.89. The highest BCUT2D eigenvalue weighted by atomic mass is 35.5. The summed E-state index contributed by atoms with van der Waals surface area (Å²) in [7, 11) is 0. The molecule has 0 radical (unpaired) electrons. The van der Waals surface area contributed by atoms with E-state index in [1.807, 2.05) is 32.0 Å². The van der Waals surface area contributed by atoms with Crippen LogP contribution in [-0.4, -0.2) is 11.7 Å². The van der Waals surface area contributed by atoms with Gasteiger partial charge in [0, 0.05) is 11.4 Å². The lowest BCUT2D eigenvalue weighted by Crippen LogP contribution is -2.29. The minimum absolute atomic E-state index is 0.115. The van der Waals surface area contributed by atoms with Crippen molar-refractivity contribution in [1.82, 2.24) is 0 Å². The van der Waals surface area contributed by atoms with Crippen LogP contribution < -0.4 is 5.32 Å². The number of anilines is 1. The van der Waals surface area contributed by atoms with Crippen molar-refractivity contribution in [3.63, 3.8) is 0 Å². The molecule has 1 amide bonds. The topological polar surface area (TPSA) is 70.0 Å². The van der Waals surface area contributed by atoms with Gasteiger partial charge in [-0.05, 0) is 49.6 Å². The van der Waals surface area contributed by atoms with Gasteiger partial charge in [-0.25, -0.2) is 0 Å². The minimum Gasteiger partial charge on any atom is -0.323 e. The van der Waals surface area contributed by atoms with Crippen LogP contribution in [0.4, 0.5) is 5.69 Å². The summed E-state index contributed by atoms with van der Waals surface area (Å²) in [4.78, 5) is 24.7. The maximum absolute atomic E-state index is 12.4. The lowest BCUT2D eigenvalue weighted by Gasteiger charge is -2.12. The van der Waals surface area contributed by atoms with Gasteiger partial charge in [-0.2, -0.15) is 5.26 Å². The number of nitriles is 1. The van der Waals surface area contributed by atoms with Crippen molar-refractivity contribution in [3.05, 3.63) is 63.1 Å². The number of Topliss-reactive ketones (excluding diaryl/α,β-unsaturated/α-hetero) is 1. The first kappa shape index (κ1) is 20.0. The van der Waals surface area contributed by atoms with Gasteiger partial charge < -0.3 is 5.32 Å². The Morgan fingerprint density at radius 1 is 1.15 bits per heavy atom. The molecule has 134 valence electrons. The number of ketones is 1. The number of halogens is 2. The molecule has 0 fully saturated rings. The quantitative estimate of drug-likeness (QED) is 0.715. The molecule has 26 heavy (non-hydrogen) atoms. The first-order valence-electron chi connectivity index (χ1n) is 8.06. The van der Waals surface area contributed by atoms with Crippen molar-refractivity contribution >= 4 is 40.6 Å². The number of amides is 1. The SMILES string of the molecule is Cc1ccc(CCC(=O)C(C#N)C(=O)Nc2ccc(Cl)cc2Cl)c(C)c1. The molecule has 1 N–H and O–H groups in total. The van der Waals surface area contributed by atoms with Crippen LogP contribution in [0.5, 0.6) is 0 Å². The molecule has 0 aromatic heterocycles. The maximum atomic E-state index is 12.4. The molecule has 0 heterocycles. The molecular weight excluding hydrogens is 371 g/mol. The summed E-state index contributed by atoms with van der Waals surface area (Å²) < 4.78 is 0. The second-order valence-electron chi connectivity index (χ2n) is 6.07. The zero-order valence-electron chi connectivity index (χ0n) is 14.5. The van der Waals surface area contributed by atoms with Crippen LogP contribution in [0.1, 0.15) is 23.1 Å². The summed E-state index contributed by atoms with van der Waals surface area (Å²) in [5.74, 6) is -2.50. The molecule has 0 aliphatic carbocycles. The van der Waals surface area contributed by atoms with E-state index in [0.29, 0.717) is 17.1 Å². The second-order valence-corrected chi connectivity index (χ2v) is 6.92. The molecule has 2 aromatic carbocycles. The van der Waals surface area contributed by atoms with Crippen LogP contribution >= 0.6 is 23.2 Å². The van der Waals surface area contributed by atoms with Crippen LogP contribution in [0.25, 0.3) is 0 Å². The molecular formula is C20H18Cl2N2O2. The monoisotopic (exact) mass is 388 g/mol. The van der Waals surface area contributed by atoms with E-state index in [-0.39, 0.29) is 11.4 Å². The highest BCUT2D eigenvalue weighted by Crippen LogP contribution is 2.26. The van der Waals surface area contributed by atoms with E-state index in [0.717, 1.165) is 16.7 Å². The molecule has 0 spiro atoms. The van der Waals surface area contributed by atoms with Crippen molar-refractivity contribution in [2.45, 2.75) is 26.7 Å². The van der Waals surface area contributed by atoms with Gasteiger partial charge in [0.15, 0.2) is 11.7 Å². The summed E-state index contributed by atoms with van der Waals surface area (Å²) >= 11 is 11.8. The van der Waals surface area contributed by atoms with Crippen LogP contribution in [-0.2, 0) is 16.0 Å². The summed E-state index contributed by atoms with van der Waals surface area (Å²) in [5.41, 5.74) is 3.57. The number of hydrogen-bond donors (Lipinski definition) is 1. The third-order valence-electron chi connectivity index (χ3n) is 4.04. The zero-order chi connectivity index (χ0) is 19.3. The molecule has 2 aromatic rings. The van der Waals surface area contributed by atoms with Crippen LogP contribution in [0.15, 0.2) is 36.4 Å². The molecule has 0 aliphatic heterocycles. The highest BCUT2D eigenvalue weighted by Gasteiger charge is 2.26. The van der Waals surface area contributed by atoms with Crippen molar-refractivity contribution < 1.29 is 9.59 Å². The summed E-state index contributed by atoms with van der Waals surface area (Å²) in [6.07, 6.45) is 0.599. The van der Waals surface area contributed by atoms with E-state index in [2.05, 4.69) is 5.32 Å². The normalized spacial score (nSPS) is 11.5. The average Bonchev–Trinajstić information content (AvgIpc) is 2.57. The van der Waals surface area contributed by atoms with Gasteiger partial charge in [0.1, 0.15) is 0 Å². The molecule has 1 unspecified atom stereocenters. The molecule has 0 saturated carbocycles. The van der Waals surface area contributed by atoms with Crippen LogP contribution in [0.3, 0.4) is 0 Å². The van der Waals surface area contributed by atoms with E-state index in [1.54, 1.807) is 12.1 Å². The smallest absolute Gasteiger partial charge is 0.249 e. The fraction of sp³-hybridized carbons (Fsp3) is 0.250. The predicted molar refractivity (Wildman–Crippen MR) is 103 cm³/mol. The van der Waals surface area contributed by atoms with Crippen molar-refractivity contribution in [2.75, 3.05) is 5.32 Å². The fourth-order valence-corrected chi connectivity index (χ4v) is 3.06. The van der Waals surface area contributed by atoms with Gasteiger partial charge >= 0.3 is 0 Å². The Balaban J connectivity index is 2.03. The van der Waals surface area contributed by atoms with Crippen molar-refractivity contribution in [2.24, 2.45) is 5.92 Å². The van der Waals surface area contributed by atoms with Gasteiger partial charge in [0.05, 0.1) is 16.8 Å². The standard InChI is InChI=1S/C20H18Cl2N2O2/c1-12-3-4-14(13(2)9-12)5-8-19(25)16(11-23)20(26)24-18-7-6-15(21)10-17(18)22/h3-4,6-7,9-10,16H,5,8H2,1-2H3,(H,24,26). The van der Waals surface area contributed by atoms with Crippen molar-refractivity contribution in [1.29, 1.82) is 5.26 Å². The number of nitrogens with zero attached hydrogens (tertiary/aromatic N) is 1. The van der Waals surface area contributed by atoms with Gasteiger partial charge in [-0.3, -0.25) is 9.59 Å². The Morgan fingerprint density at radius 3 is 2.50 bits per heavy atom. The molecule has 0 bridgehead atoms. The summed E-state index contributed by atoms with van der Waals surface area (Å²) in [5, 5.41) is 12.4. The number of hydrogen-bond acceptors (Lipinski definition) is 3. The number of rotatable bonds is 6. The van der Waals surface area contributed by atoms with Crippen LogP contribution in [0, 0.1) is 31.1 Å². The number of nitrogens with one attached hydrogen (secondary N) is 1. The van der Waals surface area contributed by atoms with Crippen molar-refractivity contribution in [3.8, 4) is 6.07 Å². The lowest BCUT2D eigenvalue weighted by atomic mass is 9.95. The Hall–Kier alpha value is -2.35. The average molecular weight is 389 g/mol. The van der Waals surface area contributed by atoms with Gasteiger partial charge in [0.2, 0.25) is 5.91 Å². The Morgan fingerprint density at radius 2 is 1.88 bits per heavy atom. The van der Waals surface area contributed by atoms with Gasteiger partial charge in [0.25, 0.3) is 0 Å². The Labute approximate surface area is 162 Å². The van der Waals surface area contributed by atoms with E-state index >= 15 is 0 Å². The van der Waals surface area contributed by atoms with E-state index in [4.69, 9.17) is 23.2 Å². The third-order valence-corrected chi connectivity index (χ3v) is 4.59. The summed E-state index contributed by atoms with van der Waals surface area (Å²) in [6, 6.07) is 12.3. The number of aryl methyl sites for hydroxylation is 3. The maximum Gasteiger partial charge on any atom is 0.249 e. The van der Waals surface area contributed by atoms with E-state index in [9.17, 15) is 14.9 Å². The zero-order valence-corrected chi connectivity index (χ0v) is 16.0. The largest absolute Gasteiger partial charge is 0.323 e. The molecule has 0 saturated heterocycles. The Kier molecular flexibility index (Phi) is 6.79. The Bertz CT molecular complexity index is 888. The number of carbonyl (C=O) groups excluding carboxylic acids is 2. The van der Waals surface area contributed by atoms with Gasteiger partial charge in [-0.1, -0.05) is 47.0 Å². The molecule has 6 heteroatoms. The first-order valence-corrected chi connectivity index (χ1v) is 8.81. The molecule has 2 rings (SSSR count). The second kappa shape index (κ2) is 8.84. The number of carbonyl (C=O) groups is 2. The minimum atomic E-state index is -1.38. The van der Waals surface area contributed by atoms with Crippen LogP contribution in [0.2, 0.25) is 10.0 Å². The molecule has 4 nitrogen and oxygen atoms in total. The van der Waals surface area contributed by atoms with Gasteiger partial charge in [-0.15, -0.1) is 0 Å². The third kappa shape index (κ3) is 5.08. The highest BCUT2D eigenvalue weighted by molar-refractivity contribution is 6.36. The molecule has 0 aliphatic rings. The lowest BCUT2D eigenvalue weighted by molar-refractivity contribution is -0.128.